The zero-order valence-electron chi connectivity index (χ0n) is 14.0. The number of benzene rings is 1. The highest BCUT2D eigenvalue weighted by Gasteiger charge is 2.14. The lowest BCUT2D eigenvalue weighted by Crippen LogP contribution is -2.36. The lowest BCUT2D eigenvalue weighted by Gasteiger charge is -2.27. The number of hydrogen-bond donors (Lipinski definition) is 2. The van der Waals surface area contributed by atoms with Gasteiger partial charge in [0.15, 0.2) is 0 Å². The van der Waals surface area contributed by atoms with Gasteiger partial charge in [-0.3, -0.25) is 9.35 Å². The van der Waals surface area contributed by atoms with Crippen LogP contribution in [-0.4, -0.2) is 50.2 Å². The molecule has 0 saturated carbocycles. The Labute approximate surface area is 164 Å². The van der Waals surface area contributed by atoms with Gasteiger partial charge in [-0.1, -0.05) is 15.9 Å². The first-order valence-corrected chi connectivity index (χ1v) is 9.93. The highest BCUT2D eigenvalue weighted by molar-refractivity contribution is 9.10. The van der Waals surface area contributed by atoms with Gasteiger partial charge in [0.05, 0.1) is 25.0 Å². The predicted molar refractivity (Wildman–Crippen MR) is 99.7 cm³/mol. The third-order valence-corrected chi connectivity index (χ3v) is 4.88. The van der Waals surface area contributed by atoms with Crippen molar-refractivity contribution in [3.05, 3.63) is 52.4 Å². The van der Waals surface area contributed by atoms with E-state index in [0.717, 1.165) is 19.3 Å². The number of amides is 1. The zero-order chi connectivity index (χ0) is 20.0. The number of pyridine rings is 1. The zero-order valence-corrected chi connectivity index (χ0v) is 16.4. The average molecular weight is 462 g/mol. The molecule has 27 heavy (non-hydrogen) atoms. The van der Waals surface area contributed by atoms with E-state index in [-0.39, 0.29) is 10.5 Å². The summed E-state index contributed by atoms with van der Waals surface area (Å²) in [5.74, 6) is -0.669. The number of carbonyl (C=O) groups excluding carboxylic acids is 1. The lowest BCUT2D eigenvalue weighted by molar-refractivity contribution is 0.0996. The molecule has 8 nitrogen and oxygen atoms in total. The summed E-state index contributed by atoms with van der Waals surface area (Å²) in [7, 11) is -4.16. The first kappa shape index (κ1) is 21.2. The van der Waals surface area contributed by atoms with E-state index in [1.54, 1.807) is 12.1 Å². The number of ether oxygens (including phenoxy) is 1. The predicted octanol–water partition coefficient (Wildman–Crippen LogP) is 1.85. The van der Waals surface area contributed by atoms with E-state index in [9.17, 15) is 17.6 Å². The molecule has 2 heterocycles. The van der Waals surface area contributed by atoms with Crippen LogP contribution in [0.4, 0.5) is 10.2 Å². The number of rotatable bonds is 3. The van der Waals surface area contributed by atoms with E-state index >= 15 is 0 Å². The topological polar surface area (TPSA) is 123 Å². The Balaban J connectivity index is 0.000000208. The van der Waals surface area contributed by atoms with Gasteiger partial charge in [0.2, 0.25) is 0 Å². The SMILES string of the molecule is NC(=O)c1ccc(Br)cc1F.O=S(=O)(O)c1ccc(N2CCOCC2)nc1. The summed E-state index contributed by atoms with van der Waals surface area (Å²) in [5.41, 5.74) is 4.78. The van der Waals surface area contributed by atoms with Crippen LogP contribution in [0.1, 0.15) is 10.4 Å². The summed E-state index contributed by atoms with van der Waals surface area (Å²) in [6.07, 6.45) is 1.15. The van der Waals surface area contributed by atoms with Crippen molar-refractivity contribution in [2.75, 3.05) is 31.2 Å². The molecule has 0 unspecified atom stereocenters. The van der Waals surface area contributed by atoms with E-state index in [1.807, 2.05) is 4.90 Å². The molecule has 1 aromatic heterocycles. The number of nitrogens with zero attached hydrogens (tertiary/aromatic N) is 2. The number of primary amides is 1. The Morgan fingerprint density at radius 2 is 1.93 bits per heavy atom. The summed E-state index contributed by atoms with van der Waals surface area (Å²) in [6, 6.07) is 7.01. The number of morpholine rings is 1. The van der Waals surface area contributed by atoms with E-state index in [2.05, 4.69) is 20.9 Å². The number of nitrogens with two attached hydrogens (primary N) is 1. The molecule has 1 aromatic carbocycles. The number of aromatic nitrogens is 1. The fourth-order valence-corrected chi connectivity index (χ4v) is 2.95. The second-order valence-corrected chi connectivity index (χ2v) is 7.75. The average Bonchev–Trinajstić information content (AvgIpc) is 2.62. The molecular formula is C16H17BrFN3O5S. The number of carbonyl (C=O) groups is 1. The second kappa shape index (κ2) is 9.22. The van der Waals surface area contributed by atoms with Crippen molar-refractivity contribution in [3.63, 3.8) is 0 Å². The molecule has 1 aliphatic rings. The number of hydrogen-bond acceptors (Lipinski definition) is 6. The van der Waals surface area contributed by atoms with Crippen molar-refractivity contribution >= 4 is 37.8 Å². The monoisotopic (exact) mass is 461 g/mol. The van der Waals surface area contributed by atoms with E-state index in [4.69, 9.17) is 15.0 Å². The third-order valence-electron chi connectivity index (χ3n) is 3.55. The van der Waals surface area contributed by atoms with E-state index in [1.165, 1.54) is 18.2 Å². The van der Waals surface area contributed by atoms with Gasteiger partial charge in [-0.05, 0) is 30.3 Å². The molecule has 0 radical (unpaired) electrons. The van der Waals surface area contributed by atoms with E-state index in [0.29, 0.717) is 23.5 Å². The van der Waals surface area contributed by atoms with Gasteiger partial charge in [0, 0.05) is 17.6 Å². The lowest BCUT2D eigenvalue weighted by atomic mass is 10.2. The molecule has 11 heteroatoms. The summed E-state index contributed by atoms with van der Waals surface area (Å²) in [5, 5.41) is 0. The summed E-state index contributed by atoms with van der Waals surface area (Å²) < 4.78 is 48.9. The van der Waals surface area contributed by atoms with E-state index < -0.39 is 21.8 Å². The molecule has 1 fully saturated rings. The van der Waals surface area contributed by atoms with Gasteiger partial charge in [0.1, 0.15) is 16.5 Å². The molecule has 1 amide bonds. The normalized spacial score (nSPS) is 14.3. The van der Waals surface area contributed by atoms with Crippen LogP contribution in [0.5, 0.6) is 0 Å². The van der Waals surface area contributed by atoms with Gasteiger partial charge in [-0.2, -0.15) is 8.42 Å². The van der Waals surface area contributed by atoms with Crippen LogP contribution < -0.4 is 10.6 Å². The maximum atomic E-state index is 12.8. The van der Waals surface area contributed by atoms with Crippen LogP contribution in [0.25, 0.3) is 0 Å². The standard InChI is InChI=1S/C9H12N2O4S.C7H5BrFNO/c12-16(13,14)8-1-2-9(10-7-8)11-3-5-15-6-4-11;8-4-1-2-5(7(10)11)6(9)3-4/h1-2,7H,3-6H2,(H,12,13,14);1-3H,(H2,10,11). The van der Waals surface area contributed by atoms with Crippen LogP contribution in [0, 0.1) is 5.82 Å². The highest BCUT2D eigenvalue weighted by atomic mass is 79.9. The van der Waals surface area contributed by atoms with Crippen molar-refractivity contribution in [2.24, 2.45) is 5.73 Å². The highest BCUT2D eigenvalue weighted by Crippen LogP contribution is 2.15. The maximum absolute atomic E-state index is 12.8. The number of halogens is 2. The van der Waals surface area contributed by atoms with Crippen molar-refractivity contribution in [1.29, 1.82) is 0 Å². The van der Waals surface area contributed by atoms with Crippen molar-refractivity contribution in [2.45, 2.75) is 4.90 Å². The molecule has 3 N–H and O–H groups in total. The number of anilines is 1. The molecule has 3 rings (SSSR count). The first-order valence-electron chi connectivity index (χ1n) is 7.69. The van der Waals surface area contributed by atoms with Gasteiger partial charge in [0.25, 0.3) is 16.0 Å². The molecular weight excluding hydrogens is 445 g/mol. The Kier molecular flexibility index (Phi) is 7.25. The van der Waals surface area contributed by atoms with Crippen LogP contribution in [-0.2, 0) is 14.9 Å². The van der Waals surface area contributed by atoms with Crippen LogP contribution in [0.15, 0.2) is 45.9 Å². The summed E-state index contributed by atoms with van der Waals surface area (Å²) in [4.78, 5) is 16.3. The molecule has 1 aliphatic heterocycles. The Bertz CT molecular complexity index is 903. The summed E-state index contributed by atoms with van der Waals surface area (Å²) >= 11 is 3.05. The molecule has 0 spiro atoms. The Hall–Kier alpha value is -2.08. The minimum absolute atomic E-state index is 0.0896. The first-order chi connectivity index (χ1) is 12.7. The van der Waals surface area contributed by atoms with Crippen LogP contribution >= 0.6 is 15.9 Å². The van der Waals surface area contributed by atoms with Gasteiger partial charge >= 0.3 is 0 Å². The minimum atomic E-state index is -4.16. The van der Waals surface area contributed by atoms with Crippen molar-refractivity contribution in [1.82, 2.24) is 4.98 Å². The van der Waals surface area contributed by atoms with Crippen LogP contribution in [0.2, 0.25) is 0 Å². The Morgan fingerprint density at radius 1 is 1.26 bits per heavy atom. The van der Waals surface area contributed by atoms with Crippen molar-refractivity contribution in [3.8, 4) is 0 Å². The van der Waals surface area contributed by atoms with Crippen LogP contribution in [0.3, 0.4) is 0 Å². The fraction of sp³-hybridized carbons (Fsp3) is 0.250. The quantitative estimate of drug-likeness (QED) is 0.668. The fourth-order valence-electron chi connectivity index (χ4n) is 2.19. The molecule has 2 aromatic rings. The molecule has 0 atom stereocenters. The summed E-state index contributed by atoms with van der Waals surface area (Å²) in [6.45, 7) is 2.75. The minimum Gasteiger partial charge on any atom is -0.378 e. The Morgan fingerprint density at radius 3 is 2.41 bits per heavy atom. The van der Waals surface area contributed by atoms with Gasteiger partial charge in [-0.15, -0.1) is 0 Å². The molecule has 146 valence electrons. The molecule has 0 bridgehead atoms. The maximum Gasteiger partial charge on any atom is 0.296 e. The van der Waals surface area contributed by atoms with Gasteiger partial charge in [-0.25, -0.2) is 9.37 Å². The largest absolute Gasteiger partial charge is 0.378 e. The van der Waals surface area contributed by atoms with Crippen molar-refractivity contribution < 1.29 is 26.9 Å². The second-order valence-electron chi connectivity index (χ2n) is 5.42. The smallest absolute Gasteiger partial charge is 0.296 e. The molecule has 1 saturated heterocycles. The third kappa shape index (κ3) is 6.24. The molecule has 0 aliphatic carbocycles. The van der Waals surface area contributed by atoms with Gasteiger partial charge < -0.3 is 15.4 Å².